The van der Waals surface area contributed by atoms with Crippen LogP contribution in [-0.2, 0) is 34.6 Å². The van der Waals surface area contributed by atoms with Gasteiger partial charge >= 0.3 is 28.0 Å². The lowest BCUT2D eigenvalue weighted by Crippen LogP contribution is -2.51. The van der Waals surface area contributed by atoms with Crippen LogP contribution in [0.4, 0.5) is 0 Å². The summed E-state index contributed by atoms with van der Waals surface area (Å²) in [6.45, 7) is -1.46. The van der Waals surface area contributed by atoms with E-state index in [0.717, 1.165) is 9.87 Å². The monoisotopic (exact) mass is 603 g/mol. The molecule has 1 saturated carbocycles. The third-order valence-electron chi connectivity index (χ3n) is 7.01. The van der Waals surface area contributed by atoms with Crippen LogP contribution in [0.3, 0.4) is 0 Å². The van der Waals surface area contributed by atoms with Gasteiger partial charge in [0.1, 0.15) is 5.54 Å². The normalized spacial score (nSPS) is 21.9. The molecule has 40 heavy (non-hydrogen) atoms. The van der Waals surface area contributed by atoms with Gasteiger partial charge < -0.3 is 5.11 Å². The van der Waals surface area contributed by atoms with Crippen molar-refractivity contribution in [1.29, 1.82) is 0 Å². The molecule has 2 fully saturated rings. The molecular formula is C26H22ClN3O8S2. The van der Waals surface area contributed by atoms with Crippen molar-refractivity contribution in [2.75, 3.05) is 13.1 Å². The van der Waals surface area contributed by atoms with E-state index in [0.29, 0.717) is 16.1 Å². The maximum Gasteiger partial charge on any atom is 0.329 e. The lowest BCUT2D eigenvalue weighted by Gasteiger charge is -2.30. The number of hydrogen-bond donors (Lipinski definition) is 2. The second-order valence-corrected chi connectivity index (χ2v) is 13.2. The second kappa shape index (κ2) is 10.0. The molecule has 3 aromatic rings. The molecule has 2 aliphatic rings. The average Bonchev–Trinajstić information content (AvgIpc) is 3.64. The highest BCUT2D eigenvalue weighted by atomic mass is 35.5. The van der Waals surface area contributed by atoms with Crippen molar-refractivity contribution in [3.05, 3.63) is 89.4 Å². The summed E-state index contributed by atoms with van der Waals surface area (Å²) in [5, 5.41) is 10.9. The highest BCUT2D eigenvalue weighted by molar-refractivity contribution is 7.89. The summed E-state index contributed by atoms with van der Waals surface area (Å²) in [4.78, 5) is 36.3. The zero-order valence-electron chi connectivity index (χ0n) is 20.6. The van der Waals surface area contributed by atoms with Gasteiger partial charge in [0, 0.05) is 17.5 Å². The third-order valence-corrected chi connectivity index (χ3v) is 10.6. The second-order valence-electron chi connectivity index (χ2n) is 9.32. The largest absolute Gasteiger partial charge is 0.480 e. The predicted molar refractivity (Wildman–Crippen MR) is 144 cm³/mol. The number of sulfonamides is 1. The van der Waals surface area contributed by atoms with E-state index in [9.17, 15) is 36.3 Å². The van der Waals surface area contributed by atoms with E-state index < -0.39 is 62.6 Å². The van der Waals surface area contributed by atoms with Crippen LogP contribution in [0.25, 0.3) is 11.1 Å². The Hall–Kier alpha value is -3.78. The summed E-state index contributed by atoms with van der Waals surface area (Å²) in [6.07, 6.45) is -0.0771. The van der Waals surface area contributed by atoms with Gasteiger partial charge in [0.25, 0.3) is 0 Å². The molecular weight excluding hydrogens is 582 g/mol. The maximum atomic E-state index is 14.0. The predicted octanol–water partition coefficient (Wildman–Crippen LogP) is 2.21. The number of nitrogens with one attached hydrogen (secondary N) is 1. The van der Waals surface area contributed by atoms with Crippen LogP contribution >= 0.6 is 11.6 Å². The summed E-state index contributed by atoms with van der Waals surface area (Å²) < 4.78 is 55.0. The Kier molecular flexibility index (Phi) is 6.94. The number of aliphatic carboxylic acids is 1. The number of carbonyl (C=O) groups is 3. The number of carboxylic acid groups (broad SMARTS) is 1. The van der Waals surface area contributed by atoms with Crippen molar-refractivity contribution < 1.29 is 36.3 Å². The molecule has 1 heterocycles. The fourth-order valence-electron chi connectivity index (χ4n) is 4.91. The van der Waals surface area contributed by atoms with E-state index in [2.05, 4.69) is 0 Å². The molecule has 2 amide bonds. The summed E-state index contributed by atoms with van der Waals surface area (Å²) in [5.41, 5.74) is 0.0966. The Morgan fingerprint density at radius 1 is 1.00 bits per heavy atom. The Morgan fingerprint density at radius 2 is 1.57 bits per heavy atom. The molecule has 0 spiro atoms. The van der Waals surface area contributed by atoms with Gasteiger partial charge in [-0.1, -0.05) is 66.2 Å². The minimum atomic E-state index is -4.55. The Morgan fingerprint density at radius 3 is 2.10 bits per heavy atom. The van der Waals surface area contributed by atoms with Crippen LogP contribution in [0.15, 0.2) is 83.8 Å². The zero-order chi connectivity index (χ0) is 28.9. The van der Waals surface area contributed by atoms with Gasteiger partial charge in [-0.3, -0.25) is 14.4 Å². The number of benzene rings is 3. The minimum Gasteiger partial charge on any atom is -0.480 e. The number of halogens is 1. The summed E-state index contributed by atoms with van der Waals surface area (Å²) >= 11 is 5.94. The Balaban J connectivity index is 1.54. The van der Waals surface area contributed by atoms with Gasteiger partial charge in [0.05, 0.1) is 11.4 Å². The molecule has 0 radical (unpaired) electrons. The fourth-order valence-corrected chi connectivity index (χ4v) is 7.86. The third kappa shape index (κ3) is 4.74. The number of hydrogen-bond acceptors (Lipinski definition) is 7. The number of amides is 2. The van der Waals surface area contributed by atoms with E-state index in [-0.39, 0.29) is 15.6 Å². The minimum absolute atomic E-state index is 0.0771. The quantitative estimate of drug-likeness (QED) is 0.352. The van der Waals surface area contributed by atoms with Crippen LogP contribution in [0, 0.1) is 0 Å². The first-order valence-electron chi connectivity index (χ1n) is 11.9. The summed E-state index contributed by atoms with van der Waals surface area (Å²) in [5.74, 6) is -4.93. The first-order chi connectivity index (χ1) is 18.9. The lowest BCUT2D eigenvalue weighted by molar-refractivity contribution is -0.143. The molecule has 0 unspecified atom stereocenters. The Bertz CT molecular complexity index is 1710. The molecule has 2 N–H and O–H groups in total. The van der Waals surface area contributed by atoms with E-state index in [1.165, 1.54) is 12.1 Å². The molecule has 208 valence electrons. The molecule has 3 aromatic carbocycles. The smallest absolute Gasteiger partial charge is 0.329 e. The molecule has 1 saturated heterocycles. The van der Waals surface area contributed by atoms with Gasteiger partial charge in [0.15, 0.2) is 0 Å². The van der Waals surface area contributed by atoms with Gasteiger partial charge in [0.2, 0.25) is 10.0 Å². The van der Waals surface area contributed by atoms with Crippen LogP contribution in [0.5, 0.6) is 0 Å². The molecule has 11 nitrogen and oxygen atoms in total. The highest BCUT2D eigenvalue weighted by Crippen LogP contribution is 2.57. The van der Waals surface area contributed by atoms with Crippen LogP contribution in [0.1, 0.15) is 17.9 Å². The Labute approximate surface area is 235 Å². The van der Waals surface area contributed by atoms with Gasteiger partial charge in [-0.05, 0) is 47.4 Å². The van der Waals surface area contributed by atoms with Gasteiger partial charge in [-0.25, -0.2) is 17.4 Å². The fraction of sp³-hybridized carbons (Fsp3) is 0.192. The molecule has 1 aliphatic carbocycles. The van der Waals surface area contributed by atoms with Crippen molar-refractivity contribution in [2.45, 2.75) is 22.8 Å². The van der Waals surface area contributed by atoms with Crippen molar-refractivity contribution in [3.63, 3.8) is 0 Å². The number of rotatable bonds is 9. The highest BCUT2D eigenvalue weighted by Gasteiger charge is 2.68. The maximum absolute atomic E-state index is 14.0. The lowest BCUT2D eigenvalue weighted by atomic mass is 10.1. The van der Waals surface area contributed by atoms with Crippen LogP contribution < -0.4 is 4.72 Å². The van der Waals surface area contributed by atoms with Crippen LogP contribution in [0.2, 0.25) is 5.02 Å². The first kappa shape index (κ1) is 27.8. The molecule has 0 aromatic heterocycles. The van der Waals surface area contributed by atoms with Gasteiger partial charge in [-0.2, -0.15) is 12.7 Å². The molecule has 1 aliphatic heterocycles. The topological polar surface area (TPSA) is 158 Å². The SMILES string of the molecule is O=C1NS(=O)(=O)N(CCN([C@]2(C(=O)O)C[C@H]2c2ccccc2)S(=O)(=O)c2ccc(-c3ccc(Cl)cc3)cc2)C1=O. The van der Waals surface area contributed by atoms with Crippen LogP contribution in [-0.4, -0.2) is 67.0 Å². The summed E-state index contributed by atoms with van der Waals surface area (Å²) in [7, 11) is -9.09. The number of carboxylic acids is 1. The van der Waals surface area contributed by atoms with Crippen molar-refractivity contribution in [2.24, 2.45) is 0 Å². The molecule has 5 rings (SSSR count). The van der Waals surface area contributed by atoms with E-state index >= 15 is 0 Å². The summed E-state index contributed by atoms with van der Waals surface area (Å²) in [6, 6.07) is 21.1. The van der Waals surface area contributed by atoms with Crippen molar-refractivity contribution >= 4 is 49.6 Å². The van der Waals surface area contributed by atoms with Gasteiger partial charge in [-0.15, -0.1) is 0 Å². The van der Waals surface area contributed by atoms with E-state index in [1.807, 2.05) is 0 Å². The number of nitrogens with zero attached hydrogens (tertiary/aromatic N) is 2. The number of carbonyl (C=O) groups excluding carboxylic acids is 2. The van der Waals surface area contributed by atoms with Crippen molar-refractivity contribution in [3.8, 4) is 11.1 Å². The van der Waals surface area contributed by atoms with E-state index in [4.69, 9.17) is 11.6 Å². The standard InChI is InChI=1S/C26H22ClN3O8S2/c27-20-10-6-17(7-11-20)18-8-12-21(13-9-18)39(35,36)30(15-14-29-24(32)23(31)28-40(29,37)38)26(25(33)34)16-22(26)19-4-2-1-3-5-19/h1-13,22H,14-16H2,(H,28,31)(H,33,34)/t22-,26+/m0/s1. The zero-order valence-corrected chi connectivity index (χ0v) is 23.0. The van der Waals surface area contributed by atoms with Crippen molar-refractivity contribution in [1.82, 2.24) is 13.3 Å². The molecule has 14 heteroatoms. The molecule has 0 bridgehead atoms. The molecule has 2 atom stereocenters. The first-order valence-corrected chi connectivity index (χ1v) is 15.2. The average molecular weight is 604 g/mol. The van der Waals surface area contributed by atoms with E-state index in [1.54, 1.807) is 71.5 Å².